The first-order valence-electron chi connectivity index (χ1n) is 16.7. The molecule has 0 bridgehead atoms. The summed E-state index contributed by atoms with van der Waals surface area (Å²) in [7, 11) is 0. The number of likely N-dealkylation sites (tertiary alicyclic amines) is 2. The van der Waals surface area contributed by atoms with Gasteiger partial charge in [-0.25, -0.2) is 9.59 Å². The Bertz CT molecular complexity index is 1170. The van der Waals surface area contributed by atoms with Crippen LogP contribution >= 0.6 is 0 Å². The van der Waals surface area contributed by atoms with Crippen LogP contribution in [-0.4, -0.2) is 78.5 Å². The molecule has 2 aromatic rings. The number of hydrogen-bond acceptors (Lipinski definition) is 6. The second kappa shape index (κ2) is 16.3. The molecule has 2 aliphatic heterocycles. The zero-order valence-corrected chi connectivity index (χ0v) is 27.4. The molecule has 2 fully saturated rings. The number of piperidine rings is 1. The van der Waals surface area contributed by atoms with Gasteiger partial charge in [0, 0.05) is 37.8 Å². The second-order valence-corrected chi connectivity index (χ2v) is 13.8. The lowest BCUT2D eigenvalue weighted by Gasteiger charge is -2.38. The Morgan fingerprint density at radius 2 is 1.43 bits per heavy atom. The number of ether oxygens (including phenoxy) is 2. The van der Waals surface area contributed by atoms with Gasteiger partial charge >= 0.3 is 12.2 Å². The molecule has 0 saturated carbocycles. The largest absolute Gasteiger partial charge is 0.444 e. The van der Waals surface area contributed by atoms with E-state index in [1.807, 2.05) is 75.4 Å². The third-order valence-corrected chi connectivity index (χ3v) is 8.69. The van der Waals surface area contributed by atoms with Gasteiger partial charge in [0.1, 0.15) is 11.2 Å². The molecule has 2 aromatic carbocycles. The highest BCUT2D eigenvalue weighted by Gasteiger charge is 2.33. The van der Waals surface area contributed by atoms with Crippen LogP contribution in [0.4, 0.5) is 15.3 Å². The van der Waals surface area contributed by atoms with Gasteiger partial charge in [0.15, 0.2) is 0 Å². The number of hydrogen-bond donors (Lipinski definition) is 2. The lowest BCUT2D eigenvalue weighted by atomic mass is 9.93. The van der Waals surface area contributed by atoms with E-state index >= 15 is 0 Å². The topological polar surface area (TPSA) is 83.1 Å². The van der Waals surface area contributed by atoms with E-state index in [9.17, 15) is 9.59 Å². The number of benzene rings is 2. The van der Waals surface area contributed by atoms with Crippen molar-refractivity contribution in [2.45, 2.75) is 103 Å². The van der Waals surface area contributed by atoms with Gasteiger partial charge in [0.2, 0.25) is 0 Å². The first-order chi connectivity index (χ1) is 21.1. The maximum atomic E-state index is 12.9. The molecule has 0 spiro atoms. The van der Waals surface area contributed by atoms with Crippen molar-refractivity contribution in [1.29, 1.82) is 0 Å². The molecule has 0 unspecified atom stereocenters. The third kappa shape index (κ3) is 11.4. The zero-order valence-electron chi connectivity index (χ0n) is 27.4. The number of para-hydroxylation sites is 1. The molecular formula is C36H54N4O4. The van der Waals surface area contributed by atoms with Crippen molar-refractivity contribution < 1.29 is 19.1 Å². The van der Waals surface area contributed by atoms with Crippen molar-refractivity contribution in [3.63, 3.8) is 0 Å². The van der Waals surface area contributed by atoms with Gasteiger partial charge in [-0.15, -0.1) is 0 Å². The molecule has 44 heavy (non-hydrogen) atoms. The summed E-state index contributed by atoms with van der Waals surface area (Å²) in [5.41, 5.74) is 1.92. The van der Waals surface area contributed by atoms with Crippen molar-refractivity contribution >= 4 is 17.9 Å². The Hall–Kier alpha value is -3.10. The zero-order chi connectivity index (χ0) is 31.4. The molecule has 2 aliphatic rings. The fraction of sp³-hybridized carbons (Fsp3) is 0.611. The smallest absolute Gasteiger partial charge is 0.412 e. The highest BCUT2D eigenvalue weighted by molar-refractivity contribution is 5.91. The number of amides is 2. The second-order valence-electron chi connectivity index (χ2n) is 13.8. The highest BCUT2D eigenvalue weighted by Crippen LogP contribution is 2.30. The van der Waals surface area contributed by atoms with E-state index in [4.69, 9.17) is 9.47 Å². The summed E-state index contributed by atoms with van der Waals surface area (Å²) >= 11 is 0. The van der Waals surface area contributed by atoms with E-state index in [2.05, 4.69) is 27.4 Å². The minimum atomic E-state index is -0.455. The van der Waals surface area contributed by atoms with Crippen LogP contribution in [0, 0.1) is 0 Å². The summed E-state index contributed by atoms with van der Waals surface area (Å²) in [6.07, 6.45) is 9.54. The maximum absolute atomic E-state index is 12.9. The average molecular weight is 607 g/mol. The van der Waals surface area contributed by atoms with Gasteiger partial charge in [-0.05, 0) is 84.5 Å². The summed E-state index contributed by atoms with van der Waals surface area (Å²) in [6, 6.07) is 18.1. The summed E-state index contributed by atoms with van der Waals surface area (Å²) in [4.78, 5) is 29.9. The monoisotopic (exact) mass is 606 g/mol. The van der Waals surface area contributed by atoms with Gasteiger partial charge < -0.3 is 24.6 Å². The minimum Gasteiger partial charge on any atom is -0.444 e. The molecule has 1 atom stereocenters. The third-order valence-electron chi connectivity index (χ3n) is 8.69. The van der Waals surface area contributed by atoms with E-state index < -0.39 is 11.2 Å². The van der Waals surface area contributed by atoms with Crippen molar-refractivity contribution in [1.82, 2.24) is 15.1 Å². The number of nitrogens with zero attached hydrogens (tertiary/aromatic N) is 2. The molecule has 2 amide bonds. The summed E-state index contributed by atoms with van der Waals surface area (Å²) in [5, 5.41) is 6.00. The number of carbonyl (C=O) groups is 2. The average Bonchev–Trinajstić information content (AvgIpc) is 3.41. The van der Waals surface area contributed by atoms with E-state index in [-0.39, 0.29) is 18.2 Å². The molecule has 8 heteroatoms. The maximum Gasteiger partial charge on any atom is 0.412 e. The molecule has 8 nitrogen and oxygen atoms in total. The Kier molecular flexibility index (Phi) is 12.5. The molecule has 2 N–H and O–H groups in total. The van der Waals surface area contributed by atoms with E-state index in [0.717, 1.165) is 75.3 Å². The number of unbranched alkanes of at least 4 members (excludes halogenated alkanes) is 5. The summed E-state index contributed by atoms with van der Waals surface area (Å²) in [6.45, 7) is 13.9. The van der Waals surface area contributed by atoms with Crippen molar-refractivity contribution in [3.05, 3.63) is 54.6 Å². The first kappa shape index (κ1) is 33.8. The van der Waals surface area contributed by atoms with Crippen LogP contribution in [0.25, 0.3) is 11.1 Å². The number of anilines is 1. The van der Waals surface area contributed by atoms with Crippen LogP contribution in [0.15, 0.2) is 54.6 Å². The molecule has 0 radical (unpaired) electrons. The Morgan fingerprint density at radius 1 is 0.818 bits per heavy atom. The quantitative estimate of drug-likeness (QED) is 0.228. The van der Waals surface area contributed by atoms with Crippen LogP contribution in [-0.2, 0) is 9.47 Å². The van der Waals surface area contributed by atoms with Gasteiger partial charge in [0.25, 0.3) is 0 Å². The minimum absolute atomic E-state index is 0.198. The van der Waals surface area contributed by atoms with Crippen LogP contribution in [0.2, 0.25) is 0 Å². The molecule has 2 saturated heterocycles. The molecular weight excluding hydrogens is 552 g/mol. The van der Waals surface area contributed by atoms with Crippen LogP contribution < -0.4 is 10.6 Å². The molecule has 0 aromatic heterocycles. The van der Waals surface area contributed by atoms with Crippen molar-refractivity contribution in [2.75, 3.05) is 44.6 Å². The summed E-state index contributed by atoms with van der Waals surface area (Å²) in [5.74, 6) is 0. The predicted octanol–water partition coefficient (Wildman–Crippen LogP) is 7.70. The fourth-order valence-electron chi connectivity index (χ4n) is 6.18. The standard InChI is InChI=1S/C36H54N4O4/c1-35(2,3)43-33(41)37-30-20-25-40(28-30)24-15-8-6-5-7-14-23-39-26-21-36(4,22-27-39)44-34(42)38-32-19-13-12-18-31(32)29-16-10-9-11-17-29/h9-13,16-19,30H,5-8,14-15,20-28H2,1-4H3,(H,37,41)(H,38,42)/t30-/m1/s1. The van der Waals surface area contributed by atoms with Gasteiger partial charge in [-0.2, -0.15) is 0 Å². The lowest BCUT2D eigenvalue weighted by Crippen LogP contribution is -2.46. The number of carbonyl (C=O) groups excluding carboxylic acids is 2. The molecule has 0 aliphatic carbocycles. The molecule has 242 valence electrons. The number of nitrogens with one attached hydrogen (secondary N) is 2. The van der Waals surface area contributed by atoms with Crippen LogP contribution in [0.5, 0.6) is 0 Å². The molecule has 4 rings (SSSR count). The van der Waals surface area contributed by atoms with Crippen molar-refractivity contribution in [3.8, 4) is 11.1 Å². The van der Waals surface area contributed by atoms with Crippen molar-refractivity contribution in [2.24, 2.45) is 0 Å². The number of alkyl carbamates (subject to hydrolysis) is 1. The SMILES string of the molecule is CC(C)(C)OC(=O)N[C@@H]1CCN(CCCCCCCCN2CCC(C)(OC(=O)Nc3ccccc3-c3ccccc3)CC2)C1. The Labute approximate surface area is 264 Å². The van der Waals surface area contributed by atoms with E-state index in [1.54, 1.807) is 0 Å². The fourth-order valence-corrected chi connectivity index (χ4v) is 6.18. The number of rotatable bonds is 13. The summed E-state index contributed by atoms with van der Waals surface area (Å²) < 4.78 is 11.4. The van der Waals surface area contributed by atoms with Gasteiger partial charge in [-0.1, -0.05) is 74.2 Å². The van der Waals surface area contributed by atoms with Crippen LogP contribution in [0.3, 0.4) is 0 Å². The predicted molar refractivity (Wildman–Crippen MR) is 178 cm³/mol. The highest BCUT2D eigenvalue weighted by atomic mass is 16.6. The lowest BCUT2D eigenvalue weighted by molar-refractivity contribution is -0.0163. The first-order valence-corrected chi connectivity index (χ1v) is 16.7. The Balaban J connectivity index is 1.03. The normalized spacial score (nSPS) is 19.0. The van der Waals surface area contributed by atoms with E-state index in [0.29, 0.717) is 0 Å². The van der Waals surface area contributed by atoms with E-state index in [1.165, 1.54) is 38.5 Å². The Morgan fingerprint density at radius 3 is 2.11 bits per heavy atom. The van der Waals surface area contributed by atoms with Gasteiger partial charge in [-0.3, -0.25) is 5.32 Å². The van der Waals surface area contributed by atoms with Crippen LogP contribution in [0.1, 0.15) is 85.5 Å². The molecule has 2 heterocycles. The van der Waals surface area contributed by atoms with Gasteiger partial charge in [0.05, 0.1) is 5.69 Å².